The van der Waals surface area contributed by atoms with E-state index < -0.39 is 33.8 Å². The Labute approximate surface area is 134 Å². The largest absolute Gasteiger partial charge is 0.502 e. The molecule has 0 aliphatic carbocycles. The molecule has 0 saturated heterocycles. The molecule has 0 spiro atoms. The van der Waals surface area contributed by atoms with E-state index in [2.05, 4.69) is 4.72 Å². The highest BCUT2D eigenvalue weighted by molar-refractivity contribution is 7.83. The van der Waals surface area contributed by atoms with Gasteiger partial charge in [-0.05, 0) is 19.1 Å². The lowest BCUT2D eigenvalue weighted by atomic mass is 10.2. The van der Waals surface area contributed by atoms with Gasteiger partial charge in [-0.3, -0.25) is 4.79 Å². The van der Waals surface area contributed by atoms with Crippen molar-refractivity contribution in [3.63, 3.8) is 0 Å². The highest BCUT2D eigenvalue weighted by atomic mass is 32.2. The van der Waals surface area contributed by atoms with Crippen molar-refractivity contribution in [2.24, 2.45) is 7.05 Å². The number of carboxylic acids is 1. The number of rotatable bonds is 5. The first-order chi connectivity index (χ1) is 10.8. The fraction of sp³-hybridized carbons (Fsp3) is 0.200. The van der Waals surface area contributed by atoms with E-state index in [1.54, 1.807) is 12.1 Å². The lowest BCUT2D eigenvalue weighted by Crippen LogP contribution is -2.24. The summed E-state index contributed by atoms with van der Waals surface area (Å²) in [5.74, 6) is -2.23. The van der Waals surface area contributed by atoms with Gasteiger partial charge in [0.25, 0.3) is 0 Å². The number of carbonyl (C=O) groups is 1. The number of aryl methyl sites for hydroxylation is 1. The molecule has 0 aliphatic rings. The van der Waals surface area contributed by atoms with E-state index in [-0.39, 0.29) is 6.54 Å². The molecular weight excluding hydrogens is 320 g/mol. The Balaban J connectivity index is 2.24. The molecule has 7 nitrogen and oxygen atoms in total. The van der Waals surface area contributed by atoms with E-state index >= 15 is 0 Å². The normalized spacial score (nSPS) is 12.1. The van der Waals surface area contributed by atoms with Crippen LogP contribution in [0.25, 0.3) is 0 Å². The molecule has 0 radical (unpaired) electrons. The van der Waals surface area contributed by atoms with Gasteiger partial charge in [-0.2, -0.15) is 0 Å². The lowest BCUT2D eigenvalue weighted by molar-refractivity contribution is 0.0681. The minimum atomic E-state index is -1.51. The zero-order valence-electron chi connectivity index (χ0n) is 12.6. The lowest BCUT2D eigenvalue weighted by Gasteiger charge is -2.13. The predicted octanol–water partition coefficient (Wildman–Crippen LogP) is 0.910. The number of aromatic hydroxyl groups is 1. The van der Waals surface area contributed by atoms with Crippen LogP contribution >= 0.6 is 0 Å². The number of nitrogens with zero attached hydrogens (tertiary/aromatic N) is 1. The average molecular weight is 336 g/mol. The van der Waals surface area contributed by atoms with Crippen LogP contribution in [0, 0.1) is 6.92 Å². The van der Waals surface area contributed by atoms with E-state index in [1.165, 1.54) is 11.6 Å². The maximum atomic E-state index is 12.2. The molecule has 2 rings (SSSR count). The second-order valence-electron chi connectivity index (χ2n) is 4.96. The van der Waals surface area contributed by atoms with Crippen molar-refractivity contribution < 1.29 is 19.2 Å². The van der Waals surface area contributed by atoms with Gasteiger partial charge < -0.3 is 14.8 Å². The van der Waals surface area contributed by atoms with Crippen molar-refractivity contribution in [3.8, 4) is 5.75 Å². The van der Waals surface area contributed by atoms with Crippen LogP contribution in [0.15, 0.2) is 40.0 Å². The zero-order valence-corrected chi connectivity index (χ0v) is 13.4. The number of pyridine rings is 1. The summed E-state index contributed by atoms with van der Waals surface area (Å²) in [6, 6.07) is 8.20. The van der Waals surface area contributed by atoms with Crippen molar-refractivity contribution in [3.05, 3.63) is 57.5 Å². The Bertz CT molecular complexity index is 827. The Kier molecular flexibility index (Phi) is 4.97. The molecule has 0 fully saturated rings. The Morgan fingerprint density at radius 3 is 2.48 bits per heavy atom. The fourth-order valence-corrected chi connectivity index (χ4v) is 2.86. The smallest absolute Gasteiger partial charge is 0.356 e. The first-order valence-corrected chi connectivity index (χ1v) is 7.83. The Hall–Kier alpha value is -2.45. The molecule has 0 aliphatic heterocycles. The summed E-state index contributed by atoms with van der Waals surface area (Å²) in [6.45, 7) is 1.92. The summed E-state index contributed by atoms with van der Waals surface area (Å²) in [7, 11) is -0.0939. The maximum Gasteiger partial charge on any atom is 0.356 e. The number of nitrogens with one attached hydrogen (secondary N) is 1. The third-order valence-electron chi connectivity index (χ3n) is 3.34. The first kappa shape index (κ1) is 16.9. The molecule has 1 unspecified atom stereocenters. The summed E-state index contributed by atoms with van der Waals surface area (Å²) in [6.07, 6.45) is 0. The molecule has 1 heterocycles. The molecule has 0 amide bonds. The van der Waals surface area contributed by atoms with Crippen LogP contribution < -0.4 is 10.2 Å². The molecule has 122 valence electrons. The van der Waals surface area contributed by atoms with E-state index in [1.807, 2.05) is 19.1 Å². The summed E-state index contributed by atoms with van der Waals surface area (Å²) in [5.41, 5.74) is 0.0391. The quantitative estimate of drug-likeness (QED) is 0.752. The van der Waals surface area contributed by atoms with E-state index in [9.17, 15) is 18.9 Å². The van der Waals surface area contributed by atoms with Crippen molar-refractivity contribution >= 4 is 17.0 Å². The number of hydrogen-bond acceptors (Lipinski definition) is 4. The summed E-state index contributed by atoms with van der Waals surface area (Å²) >= 11 is 0. The minimum absolute atomic E-state index is 0.00673. The highest BCUT2D eigenvalue weighted by Crippen LogP contribution is 2.13. The summed E-state index contributed by atoms with van der Waals surface area (Å²) in [4.78, 5) is 23.3. The Morgan fingerprint density at radius 2 is 1.91 bits per heavy atom. The topological polar surface area (TPSA) is 109 Å². The van der Waals surface area contributed by atoms with E-state index in [0.29, 0.717) is 10.6 Å². The zero-order chi connectivity index (χ0) is 17.1. The standard InChI is InChI=1S/C15H16N2O5S/c1-9-3-5-11(6-4-9)23(22)16-8-10-7-12(18)14(19)13(15(20)21)17(10)2/h3-7,16,19H,8H2,1-2H3,(H,20,21). The van der Waals surface area contributed by atoms with Crippen molar-refractivity contribution in [2.75, 3.05) is 0 Å². The molecular formula is C15H16N2O5S. The number of aromatic nitrogens is 1. The molecule has 1 atom stereocenters. The number of hydrogen-bond donors (Lipinski definition) is 3. The van der Waals surface area contributed by atoms with Gasteiger partial charge in [0.15, 0.2) is 11.4 Å². The molecule has 0 saturated carbocycles. The van der Waals surface area contributed by atoms with Crippen LogP contribution in [-0.2, 0) is 24.6 Å². The molecule has 3 N–H and O–H groups in total. The van der Waals surface area contributed by atoms with Gasteiger partial charge in [0.05, 0.1) is 4.90 Å². The molecule has 23 heavy (non-hydrogen) atoms. The van der Waals surface area contributed by atoms with E-state index in [4.69, 9.17) is 5.11 Å². The third-order valence-corrected chi connectivity index (χ3v) is 4.45. The van der Waals surface area contributed by atoms with Crippen LogP contribution in [0.3, 0.4) is 0 Å². The molecule has 2 aromatic rings. The maximum absolute atomic E-state index is 12.2. The second kappa shape index (κ2) is 6.76. The van der Waals surface area contributed by atoms with Crippen LogP contribution in [0.4, 0.5) is 0 Å². The van der Waals surface area contributed by atoms with Gasteiger partial charge in [-0.15, -0.1) is 0 Å². The van der Waals surface area contributed by atoms with Gasteiger partial charge in [-0.25, -0.2) is 13.7 Å². The van der Waals surface area contributed by atoms with Crippen LogP contribution in [0.1, 0.15) is 21.7 Å². The van der Waals surface area contributed by atoms with Gasteiger partial charge >= 0.3 is 5.97 Å². The second-order valence-corrected chi connectivity index (χ2v) is 6.26. The van der Waals surface area contributed by atoms with Gasteiger partial charge in [-0.1, -0.05) is 17.7 Å². The van der Waals surface area contributed by atoms with Gasteiger partial charge in [0, 0.05) is 25.4 Å². The number of aromatic carboxylic acids is 1. The van der Waals surface area contributed by atoms with Crippen molar-refractivity contribution in [2.45, 2.75) is 18.4 Å². The predicted molar refractivity (Wildman–Crippen MR) is 84.7 cm³/mol. The van der Waals surface area contributed by atoms with Crippen molar-refractivity contribution in [1.82, 2.24) is 9.29 Å². The van der Waals surface area contributed by atoms with Crippen LogP contribution in [0.2, 0.25) is 0 Å². The highest BCUT2D eigenvalue weighted by Gasteiger charge is 2.18. The number of carboxylic acid groups (broad SMARTS) is 1. The van der Waals surface area contributed by atoms with E-state index in [0.717, 1.165) is 11.6 Å². The van der Waals surface area contributed by atoms with Crippen molar-refractivity contribution in [1.29, 1.82) is 0 Å². The van der Waals surface area contributed by atoms with Gasteiger partial charge in [0.2, 0.25) is 5.43 Å². The third kappa shape index (κ3) is 3.66. The van der Waals surface area contributed by atoms with Crippen LogP contribution in [0.5, 0.6) is 5.75 Å². The Morgan fingerprint density at radius 1 is 1.30 bits per heavy atom. The molecule has 1 aromatic carbocycles. The minimum Gasteiger partial charge on any atom is -0.502 e. The summed E-state index contributed by atoms with van der Waals surface area (Å²) < 4.78 is 16.1. The monoisotopic (exact) mass is 336 g/mol. The van der Waals surface area contributed by atoms with Gasteiger partial charge in [0.1, 0.15) is 11.0 Å². The molecule has 8 heteroatoms. The summed E-state index contributed by atoms with van der Waals surface area (Å²) in [5, 5.41) is 18.6. The molecule has 0 bridgehead atoms. The molecule has 1 aromatic heterocycles. The average Bonchev–Trinajstić information content (AvgIpc) is 2.50. The first-order valence-electron chi connectivity index (χ1n) is 6.68. The SMILES string of the molecule is Cc1ccc(S(=O)NCc2cc(=O)c(O)c(C(=O)O)n2C)cc1. The number of benzene rings is 1. The fourth-order valence-electron chi connectivity index (χ4n) is 2.03. The van der Waals surface area contributed by atoms with Crippen LogP contribution in [-0.4, -0.2) is 25.0 Å².